The minimum atomic E-state index is -0.599. The minimum absolute atomic E-state index is 0.0623. The van der Waals surface area contributed by atoms with E-state index in [0.717, 1.165) is 11.8 Å². The molecule has 0 unspecified atom stereocenters. The van der Waals surface area contributed by atoms with Crippen LogP contribution in [0.5, 0.6) is 0 Å². The Morgan fingerprint density at radius 1 is 1.18 bits per heavy atom. The van der Waals surface area contributed by atoms with Crippen molar-refractivity contribution < 1.29 is 8.78 Å². The number of rotatable bonds is 2. The third kappa shape index (κ3) is 2.16. The maximum Gasteiger partial charge on any atom is 0.173 e. The van der Waals surface area contributed by atoms with Gasteiger partial charge in [0.05, 0.1) is 17.6 Å². The molecule has 112 valence electrons. The molecule has 3 aromatic heterocycles. The number of nitrogens with zero attached hydrogens (tertiary/aromatic N) is 4. The molecule has 4 nitrogen and oxygen atoms in total. The Bertz CT molecular complexity index is 912. The molecule has 0 aliphatic heterocycles. The summed E-state index contributed by atoms with van der Waals surface area (Å²) in [5, 5.41) is 0. The zero-order valence-electron chi connectivity index (χ0n) is 12.5. The van der Waals surface area contributed by atoms with Crippen molar-refractivity contribution in [1.29, 1.82) is 0 Å². The molecule has 3 heterocycles. The van der Waals surface area contributed by atoms with Crippen molar-refractivity contribution >= 4 is 11.2 Å². The van der Waals surface area contributed by atoms with Gasteiger partial charge in [0.1, 0.15) is 11.5 Å². The van der Waals surface area contributed by atoms with Crippen LogP contribution in [0.2, 0.25) is 0 Å². The lowest BCUT2D eigenvalue weighted by molar-refractivity contribution is 0.613. The molecule has 0 saturated heterocycles. The van der Waals surface area contributed by atoms with E-state index in [4.69, 9.17) is 0 Å². The highest BCUT2D eigenvalue weighted by molar-refractivity contribution is 5.68. The third-order valence-electron chi connectivity index (χ3n) is 3.39. The molecule has 0 spiro atoms. The Morgan fingerprint density at radius 2 is 1.91 bits per heavy atom. The lowest BCUT2D eigenvalue weighted by atomic mass is 10.1. The van der Waals surface area contributed by atoms with Crippen molar-refractivity contribution in [3.8, 4) is 11.3 Å². The monoisotopic (exact) mass is 300 g/mol. The van der Waals surface area contributed by atoms with Crippen LogP contribution in [-0.4, -0.2) is 19.4 Å². The van der Waals surface area contributed by atoms with Crippen LogP contribution in [0.15, 0.2) is 25.0 Å². The van der Waals surface area contributed by atoms with Crippen LogP contribution in [0.25, 0.3) is 22.5 Å². The summed E-state index contributed by atoms with van der Waals surface area (Å²) in [6.07, 6.45) is 2.70. The van der Waals surface area contributed by atoms with Gasteiger partial charge in [0.15, 0.2) is 17.3 Å². The van der Waals surface area contributed by atoms with Crippen molar-refractivity contribution in [3.63, 3.8) is 0 Å². The molecule has 0 amide bonds. The molecular formula is C16H14F2N4. The fourth-order valence-corrected chi connectivity index (χ4v) is 2.52. The lowest BCUT2D eigenvalue weighted by Gasteiger charge is -2.07. The van der Waals surface area contributed by atoms with Crippen molar-refractivity contribution in [2.45, 2.75) is 20.8 Å². The van der Waals surface area contributed by atoms with Crippen LogP contribution < -0.4 is 0 Å². The summed E-state index contributed by atoms with van der Waals surface area (Å²) in [7, 11) is 0. The molecule has 3 aromatic rings. The van der Waals surface area contributed by atoms with Gasteiger partial charge < -0.3 is 0 Å². The number of imidazole rings is 1. The smallest absolute Gasteiger partial charge is 0.173 e. The summed E-state index contributed by atoms with van der Waals surface area (Å²) in [5.41, 5.74) is 2.70. The van der Waals surface area contributed by atoms with Crippen molar-refractivity contribution in [2.75, 3.05) is 0 Å². The molecule has 0 bridgehead atoms. The highest BCUT2D eigenvalue weighted by Crippen LogP contribution is 2.26. The average Bonchev–Trinajstić information content (AvgIpc) is 2.78. The number of aromatic nitrogens is 4. The predicted molar refractivity (Wildman–Crippen MR) is 80.3 cm³/mol. The SMILES string of the molecule is C=C(C)c1c(C)nc2c(F)cc(-c3nc(C)ncc3F)cn12. The van der Waals surface area contributed by atoms with Gasteiger partial charge in [-0.15, -0.1) is 0 Å². The summed E-state index contributed by atoms with van der Waals surface area (Å²) in [4.78, 5) is 12.1. The highest BCUT2D eigenvalue weighted by atomic mass is 19.1. The Morgan fingerprint density at radius 3 is 2.59 bits per heavy atom. The van der Waals surface area contributed by atoms with Gasteiger partial charge in [-0.1, -0.05) is 6.58 Å². The number of hydrogen-bond donors (Lipinski definition) is 0. The summed E-state index contributed by atoms with van der Waals surface area (Å²) in [6.45, 7) is 9.14. The molecule has 3 rings (SSSR count). The molecule has 22 heavy (non-hydrogen) atoms. The van der Waals surface area contributed by atoms with Crippen LogP contribution >= 0.6 is 0 Å². The minimum Gasteiger partial charge on any atom is -0.297 e. The van der Waals surface area contributed by atoms with Gasteiger partial charge in [-0.25, -0.2) is 23.7 Å². The molecule has 0 atom stereocenters. The second-order valence-corrected chi connectivity index (χ2v) is 5.21. The molecule has 0 aliphatic carbocycles. The first-order chi connectivity index (χ1) is 10.4. The second kappa shape index (κ2) is 4.98. The molecule has 0 aliphatic rings. The van der Waals surface area contributed by atoms with E-state index >= 15 is 0 Å². The molecule has 6 heteroatoms. The van der Waals surface area contributed by atoms with Gasteiger partial charge >= 0.3 is 0 Å². The Hall–Kier alpha value is -2.63. The fraction of sp³-hybridized carbons (Fsp3) is 0.188. The zero-order chi connectivity index (χ0) is 16.0. The van der Waals surface area contributed by atoms with Gasteiger partial charge in [-0.3, -0.25) is 4.40 Å². The number of fused-ring (bicyclic) bond motifs is 1. The molecular weight excluding hydrogens is 286 g/mol. The van der Waals surface area contributed by atoms with Gasteiger partial charge in [0.2, 0.25) is 0 Å². The molecule has 0 radical (unpaired) electrons. The first-order valence-corrected chi connectivity index (χ1v) is 6.72. The molecule has 0 fully saturated rings. The van der Waals surface area contributed by atoms with E-state index in [0.29, 0.717) is 22.8 Å². The molecule has 0 saturated carbocycles. The fourth-order valence-electron chi connectivity index (χ4n) is 2.52. The average molecular weight is 300 g/mol. The van der Waals surface area contributed by atoms with Gasteiger partial charge in [0.25, 0.3) is 0 Å². The van der Waals surface area contributed by atoms with Crippen molar-refractivity contribution in [2.24, 2.45) is 0 Å². The van der Waals surface area contributed by atoms with E-state index in [-0.39, 0.29) is 11.3 Å². The molecule has 0 aromatic carbocycles. The Balaban J connectivity index is 2.35. The van der Waals surface area contributed by atoms with E-state index in [1.54, 1.807) is 24.4 Å². The van der Waals surface area contributed by atoms with Crippen molar-refractivity contribution in [1.82, 2.24) is 19.4 Å². The van der Waals surface area contributed by atoms with E-state index in [1.165, 1.54) is 6.07 Å². The van der Waals surface area contributed by atoms with Crippen molar-refractivity contribution in [3.05, 3.63) is 53.9 Å². The number of halogens is 2. The lowest BCUT2D eigenvalue weighted by Crippen LogP contribution is -1.99. The zero-order valence-corrected chi connectivity index (χ0v) is 12.5. The number of pyridine rings is 1. The van der Waals surface area contributed by atoms with E-state index in [9.17, 15) is 8.78 Å². The van der Waals surface area contributed by atoms with E-state index in [1.807, 2.05) is 6.92 Å². The van der Waals surface area contributed by atoms with Gasteiger partial charge in [-0.05, 0) is 32.4 Å². The van der Waals surface area contributed by atoms with E-state index in [2.05, 4.69) is 21.5 Å². The molecule has 0 N–H and O–H groups in total. The topological polar surface area (TPSA) is 43.1 Å². The van der Waals surface area contributed by atoms with Gasteiger partial charge in [-0.2, -0.15) is 0 Å². The van der Waals surface area contributed by atoms with Crippen LogP contribution in [0.4, 0.5) is 8.78 Å². The number of allylic oxidation sites excluding steroid dienone is 1. The number of aryl methyl sites for hydroxylation is 2. The summed E-state index contributed by atoms with van der Waals surface area (Å²) in [6, 6.07) is 1.23. The highest BCUT2D eigenvalue weighted by Gasteiger charge is 2.17. The standard InChI is InChI=1S/C16H14F2N4/c1-8(2)15-9(3)20-16-12(17)5-11(7-22(15)16)14-13(18)6-19-10(4)21-14/h5-7H,1H2,2-4H3. The van der Waals surface area contributed by atoms with E-state index < -0.39 is 11.6 Å². The Kier molecular flexibility index (Phi) is 3.24. The van der Waals surface area contributed by atoms with Crippen LogP contribution in [0.3, 0.4) is 0 Å². The quantitative estimate of drug-likeness (QED) is 0.724. The predicted octanol–water partition coefficient (Wildman–Crippen LogP) is 3.72. The summed E-state index contributed by atoms with van der Waals surface area (Å²) in [5.74, 6) is -0.722. The first-order valence-electron chi connectivity index (χ1n) is 6.72. The normalized spacial score (nSPS) is 11.1. The summed E-state index contributed by atoms with van der Waals surface area (Å²) < 4.78 is 29.9. The van der Waals surface area contributed by atoms with Crippen LogP contribution in [-0.2, 0) is 0 Å². The summed E-state index contributed by atoms with van der Waals surface area (Å²) >= 11 is 0. The number of hydrogen-bond acceptors (Lipinski definition) is 3. The first kappa shape index (κ1) is 14.3. The maximum atomic E-state index is 14.3. The van der Waals surface area contributed by atoms with Gasteiger partial charge in [0, 0.05) is 11.8 Å². The largest absolute Gasteiger partial charge is 0.297 e. The van der Waals surface area contributed by atoms with Crippen LogP contribution in [0, 0.1) is 25.5 Å². The van der Waals surface area contributed by atoms with Crippen LogP contribution in [0.1, 0.15) is 24.1 Å². The Labute approximate surface area is 126 Å². The maximum absolute atomic E-state index is 14.3. The second-order valence-electron chi connectivity index (χ2n) is 5.21. The third-order valence-corrected chi connectivity index (χ3v) is 3.39.